The maximum absolute atomic E-state index is 6.39. The van der Waals surface area contributed by atoms with Crippen LogP contribution < -0.4 is 20.3 Å². The number of fused-ring (bicyclic) bond motifs is 1. The third-order valence-electron chi connectivity index (χ3n) is 7.59. The monoisotopic (exact) mass is 525 g/mol. The maximum atomic E-state index is 6.39. The third kappa shape index (κ3) is 6.04. The first kappa shape index (κ1) is 26.6. The topological polar surface area (TPSA) is 70.5 Å². The van der Waals surface area contributed by atoms with E-state index in [1.54, 1.807) is 14.2 Å². The molecule has 0 radical (unpaired) electrons. The number of nitrogens with two attached hydrogens (primary N) is 1. The fourth-order valence-electron chi connectivity index (χ4n) is 5.39. The Hall–Kier alpha value is -3.97. The Kier molecular flexibility index (Phi) is 8.37. The summed E-state index contributed by atoms with van der Waals surface area (Å²) in [4.78, 5) is 11.2. The van der Waals surface area contributed by atoms with Crippen LogP contribution in [0.15, 0.2) is 82.2 Å². The number of unbranched alkanes of at least 4 members (excludes halogenated alkanes) is 1. The molecule has 2 heterocycles. The summed E-state index contributed by atoms with van der Waals surface area (Å²) in [5.74, 6) is 1.67. The van der Waals surface area contributed by atoms with Crippen molar-refractivity contribution < 1.29 is 9.15 Å². The van der Waals surface area contributed by atoms with Crippen LogP contribution >= 0.6 is 0 Å². The smallest absolute Gasteiger partial charge is 0.208 e. The average Bonchev–Trinajstić information content (AvgIpc) is 3.40. The van der Waals surface area contributed by atoms with Gasteiger partial charge in [0.05, 0.1) is 12.8 Å². The molecule has 0 unspecified atom stereocenters. The molecule has 3 aromatic carbocycles. The fourth-order valence-corrected chi connectivity index (χ4v) is 5.39. The maximum Gasteiger partial charge on any atom is 0.208 e. The molecular formula is C32H39N5O2. The van der Waals surface area contributed by atoms with E-state index in [1.807, 2.05) is 41.3 Å². The second-order valence-electron chi connectivity index (χ2n) is 10.1. The Morgan fingerprint density at radius 1 is 0.974 bits per heavy atom. The molecule has 1 fully saturated rings. The summed E-state index contributed by atoms with van der Waals surface area (Å²) in [5, 5.41) is 1.01. The van der Waals surface area contributed by atoms with Gasteiger partial charge in [-0.2, -0.15) is 0 Å². The molecule has 1 saturated heterocycles. The molecule has 4 aromatic rings. The van der Waals surface area contributed by atoms with Gasteiger partial charge >= 0.3 is 0 Å². The van der Waals surface area contributed by atoms with E-state index >= 15 is 0 Å². The molecule has 0 spiro atoms. The Morgan fingerprint density at radius 3 is 2.49 bits per heavy atom. The van der Waals surface area contributed by atoms with Gasteiger partial charge in [0.15, 0.2) is 0 Å². The number of aryl methyl sites for hydroxylation is 2. The molecule has 0 bridgehead atoms. The van der Waals surface area contributed by atoms with Crippen LogP contribution in [-0.4, -0.2) is 57.7 Å². The molecule has 39 heavy (non-hydrogen) atoms. The average molecular weight is 526 g/mol. The lowest BCUT2D eigenvalue weighted by Gasteiger charge is -2.36. The summed E-state index contributed by atoms with van der Waals surface area (Å²) >= 11 is 0. The summed E-state index contributed by atoms with van der Waals surface area (Å²) in [6.07, 6.45) is 3.26. The van der Waals surface area contributed by atoms with Crippen molar-refractivity contribution in [3.63, 3.8) is 0 Å². The van der Waals surface area contributed by atoms with Crippen molar-refractivity contribution in [3.8, 4) is 5.75 Å². The molecule has 1 aliphatic heterocycles. The molecule has 7 heteroatoms. The number of ether oxygens (including phenoxy) is 1. The number of hydrogen-bond acceptors (Lipinski definition) is 5. The molecule has 5 rings (SSSR count). The molecule has 0 aliphatic carbocycles. The van der Waals surface area contributed by atoms with E-state index in [1.165, 1.54) is 16.8 Å². The normalized spacial score (nSPS) is 14.6. The first-order chi connectivity index (χ1) is 19.1. The van der Waals surface area contributed by atoms with Crippen LogP contribution in [0.2, 0.25) is 0 Å². The van der Waals surface area contributed by atoms with Crippen LogP contribution in [0.5, 0.6) is 5.75 Å². The van der Waals surface area contributed by atoms with Crippen molar-refractivity contribution in [2.24, 2.45) is 10.7 Å². The number of hydrogen-bond donors (Lipinski definition) is 1. The number of benzene rings is 3. The van der Waals surface area contributed by atoms with Crippen LogP contribution in [0, 0.1) is 6.92 Å². The Morgan fingerprint density at radius 2 is 1.74 bits per heavy atom. The molecule has 1 aliphatic rings. The molecule has 7 nitrogen and oxygen atoms in total. The Balaban J connectivity index is 1.21. The van der Waals surface area contributed by atoms with Gasteiger partial charge < -0.3 is 19.8 Å². The lowest BCUT2D eigenvalue weighted by Crippen LogP contribution is -2.46. The SMILES string of the molecule is CN=C(N)N(c1cc2ccccc2o1)c1cc(CCCCN2CCN(c3ccccc3C)CC2)ccc1OC. The predicted molar refractivity (Wildman–Crippen MR) is 162 cm³/mol. The lowest BCUT2D eigenvalue weighted by molar-refractivity contribution is 0.253. The minimum atomic E-state index is 0.342. The molecule has 1 aromatic heterocycles. The lowest BCUT2D eigenvalue weighted by atomic mass is 10.1. The summed E-state index contributed by atoms with van der Waals surface area (Å²) in [7, 11) is 3.36. The van der Waals surface area contributed by atoms with Crippen molar-refractivity contribution in [1.82, 2.24) is 4.90 Å². The van der Waals surface area contributed by atoms with Gasteiger partial charge in [0, 0.05) is 50.4 Å². The number of piperazine rings is 1. The highest BCUT2D eigenvalue weighted by Crippen LogP contribution is 2.37. The number of aliphatic imine (C=N–C) groups is 1. The zero-order valence-corrected chi connectivity index (χ0v) is 23.3. The number of methoxy groups -OCH3 is 1. The van der Waals surface area contributed by atoms with Gasteiger partial charge in [-0.15, -0.1) is 0 Å². The molecule has 0 atom stereocenters. The Labute approximate surface area is 231 Å². The first-order valence-corrected chi connectivity index (χ1v) is 13.8. The highest BCUT2D eigenvalue weighted by Gasteiger charge is 2.22. The van der Waals surface area contributed by atoms with Crippen LogP contribution in [0.1, 0.15) is 24.0 Å². The van der Waals surface area contributed by atoms with Gasteiger partial charge in [0.25, 0.3) is 0 Å². The van der Waals surface area contributed by atoms with Crippen LogP contribution in [0.4, 0.5) is 17.3 Å². The van der Waals surface area contributed by atoms with Gasteiger partial charge in [-0.3, -0.25) is 9.89 Å². The summed E-state index contributed by atoms with van der Waals surface area (Å²) in [5.41, 5.74) is 12.0. The number of furan rings is 1. The standard InChI is InChI=1S/C32H39N5O2/c1-24-10-4-6-13-27(24)36-20-18-35(19-21-36)17-9-8-11-25-15-16-30(38-3)28(22-25)37(32(33)34-2)31-23-26-12-5-7-14-29(26)39-31/h4-7,10,12-16,22-23H,8-9,11,17-21H2,1-3H3,(H2,33,34). The first-order valence-electron chi connectivity index (χ1n) is 13.8. The fraction of sp³-hybridized carbons (Fsp3) is 0.344. The quantitative estimate of drug-likeness (QED) is 0.165. The largest absolute Gasteiger partial charge is 0.495 e. The number of para-hydroxylation sites is 2. The number of rotatable bonds is 9. The second kappa shape index (κ2) is 12.3. The minimum Gasteiger partial charge on any atom is -0.495 e. The van der Waals surface area contributed by atoms with E-state index in [4.69, 9.17) is 14.9 Å². The molecule has 0 amide bonds. The minimum absolute atomic E-state index is 0.342. The second-order valence-corrected chi connectivity index (χ2v) is 10.1. The third-order valence-corrected chi connectivity index (χ3v) is 7.59. The number of guanidine groups is 1. The van der Waals surface area contributed by atoms with Gasteiger partial charge in [-0.25, -0.2) is 4.90 Å². The molecule has 2 N–H and O–H groups in total. The van der Waals surface area contributed by atoms with Crippen LogP contribution in [-0.2, 0) is 6.42 Å². The highest BCUT2D eigenvalue weighted by atomic mass is 16.5. The van der Waals surface area contributed by atoms with Crippen LogP contribution in [0.3, 0.4) is 0 Å². The van der Waals surface area contributed by atoms with Gasteiger partial charge in [0.1, 0.15) is 11.3 Å². The van der Waals surface area contributed by atoms with E-state index in [9.17, 15) is 0 Å². The van der Waals surface area contributed by atoms with Crippen molar-refractivity contribution in [3.05, 3.63) is 83.9 Å². The highest BCUT2D eigenvalue weighted by molar-refractivity contribution is 6.03. The van der Waals surface area contributed by atoms with E-state index in [2.05, 4.69) is 58.1 Å². The van der Waals surface area contributed by atoms with Crippen molar-refractivity contribution in [2.75, 3.05) is 56.7 Å². The van der Waals surface area contributed by atoms with E-state index < -0.39 is 0 Å². The summed E-state index contributed by atoms with van der Waals surface area (Å²) in [6, 6.07) is 24.9. The van der Waals surface area contributed by atoms with Crippen molar-refractivity contribution >= 4 is 34.2 Å². The zero-order chi connectivity index (χ0) is 27.2. The molecule has 0 saturated carbocycles. The van der Waals surface area contributed by atoms with E-state index in [-0.39, 0.29) is 0 Å². The van der Waals surface area contributed by atoms with Gasteiger partial charge in [-0.05, 0) is 68.1 Å². The molecular weight excluding hydrogens is 486 g/mol. The van der Waals surface area contributed by atoms with Gasteiger partial charge in [-0.1, -0.05) is 42.5 Å². The zero-order valence-electron chi connectivity index (χ0n) is 23.3. The molecule has 204 valence electrons. The van der Waals surface area contributed by atoms with E-state index in [0.717, 1.165) is 74.4 Å². The van der Waals surface area contributed by atoms with Gasteiger partial charge in [0.2, 0.25) is 11.8 Å². The number of anilines is 3. The number of nitrogens with zero attached hydrogens (tertiary/aromatic N) is 4. The predicted octanol–water partition coefficient (Wildman–Crippen LogP) is 5.98. The van der Waals surface area contributed by atoms with Crippen molar-refractivity contribution in [1.29, 1.82) is 0 Å². The van der Waals surface area contributed by atoms with Crippen molar-refractivity contribution in [2.45, 2.75) is 26.2 Å². The summed E-state index contributed by atoms with van der Waals surface area (Å²) < 4.78 is 11.9. The summed E-state index contributed by atoms with van der Waals surface area (Å²) in [6.45, 7) is 7.73. The van der Waals surface area contributed by atoms with E-state index in [0.29, 0.717) is 11.8 Å². The Bertz CT molecular complexity index is 1390. The van der Waals surface area contributed by atoms with Crippen LogP contribution in [0.25, 0.3) is 11.0 Å².